The van der Waals surface area contributed by atoms with E-state index in [2.05, 4.69) is 6.07 Å². The van der Waals surface area contributed by atoms with Gasteiger partial charge >= 0.3 is 0 Å². The van der Waals surface area contributed by atoms with Crippen molar-refractivity contribution in [2.24, 2.45) is 17.8 Å². The highest BCUT2D eigenvalue weighted by molar-refractivity contribution is 4.91. The molecule has 0 amide bonds. The van der Waals surface area contributed by atoms with Crippen LogP contribution in [0.2, 0.25) is 0 Å². The second kappa shape index (κ2) is 3.47. The molecule has 12 heavy (non-hydrogen) atoms. The standard InChI is InChI=1S/C11H17N/c12-8-7-11-9-3-1-4-10(11)6-2-5-9/h9-11H,1-7H2. The fraction of sp³-hybridized carbons (Fsp3) is 0.909. The minimum atomic E-state index is 0.775. The third-order valence-electron chi connectivity index (χ3n) is 3.84. The number of hydrogen-bond donors (Lipinski definition) is 0. The Labute approximate surface area is 74.8 Å². The summed E-state index contributed by atoms with van der Waals surface area (Å²) in [6, 6.07) is 2.37. The first kappa shape index (κ1) is 8.10. The van der Waals surface area contributed by atoms with E-state index >= 15 is 0 Å². The Morgan fingerprint density at radius 2 is 1.50 bits per heavy atom. The summed E-state index contributed by atoms with van der Waals surface area (Å²) in [5.41, 5.74) is 0. The minimum absolute atomic E-state index is 0.775. The van der Waals surface area contributed by atoms with Crippen molar-refractivity contribution in [2.45, 2.75) is 44.9 Å². The molecule has 0 atom stereocenters. The van der Waals surface area contributed by atoms with Crippen molar-refractivity contribution in [1.29, 1.82) is 5.26 Å². The number of fused-ring (bicyclic) bond motifs is 2. The number of nitriles is 1. The van der Waals surface area contributed by atoms with E-state index in [-0.39, 0.29) is 0 Å². The molecule has 0 radical (unpaired) electrons. The lowest BCUT2D eigenvalue weighted by atomic mass is 9.64. The van der Waals surface area contributed by atoms with Gasteiger partial charge in [-0.2, -0.15) is 5.26 Å². The van der Waals surface area contributed by atoms with Gasteiger partial charge in [0.05, 0.1) is 6.07 Å². The maximum Gasteiger partial charge on any atom is 0.0624 e. The van der Waals surface area contributed by atoms with E-state index in [0.717, 1.165) is 24.2 Å². The fourth-order valence-electron chi connectivity index (χ4n) is 3.25. The molecule has 2 aliphatic rings. The Morgan fingerprint density at radius 3 is 1.92 bits per heavy atom. The first-order valence-electron chi connectivity index (χ1n) is 5.29. The highest BCUT2D eigenvalue weighted by atomic mass is 14.4. The molecule has 0 saturated heterocycles. The van der Waals surface area contributed by atoms with E-state index in [4.69, 9.17) is 5.26 Å². The molecule has 0 aromatic rings. The molecule has 0 aromatic carbocycles. The molecule has 1 heteroatoms. The van der Waals surface area contributed by atoms with Crippen molar-refractivity contribution in [3.8, 4) is 6.07 Å². The molecule has 0 aromatic heterocycles. The van der Waals surface area contributed by atoms with E-state index in [1.165, 1.54) is 38.5 Å². The summed E-state index contributed by atoms with van der Waals surface area (Å²) in [7, 11) is 0. The molecule has 1 nitrogen and oxygen atoms in total. The molecule has 2 rings (SSSR count). The summed E-state index contributed by atoms with van der Waals surface area (Å²) in [5, 5.41) is 8.72. The van der Waals surface area contributed by atoms with Crippen LogP contribution in [0.15, 0.2) is 0 Å². The summed E-state index contributed by atoms with van der Waals surface area (Å²) in [6.07, 6.45) is 9.31. The molecular weight excluding hydrogens is 146 g/mol. The molecule has 2 aliphatic carbocycles. The quantitative estimate of drug-likeness (QED) is 0.582. The lowest BCUT2D eigenvalue weighted by molar-refractivity contribution is 0.0963. The van der Waals surface area contributed by atoms with Gasteiger partial charge in [-0.05, 0) is 17.8 Å². The van der Waals surface area contributed by atoms with Crippen LogP contribution in [0.3, 0.4) is 0 Å². The van der Waals surface area contributed by atoms with Crippen molar-refractivity contribution < 1.29 is 0 Å². The van der Waals surface area contributed by atoms with Crippen LogP contribution in [0.25, 0.3) is 0 Å². The second-order valence-electron chi connectivity index (χ2n) is 4.41. The van der Waals surface area contributed by atoms with E-state index in [1.807, 2.05) is 0 Å². The first-order chi connectivity index (χ1) is 5.92. The lowest BCUT2D eigenvalue weighted by Gasteiger charge is -2.41. The predicted molar refractivity (Wildman–Crippen MR) is 48.4 cm³/mol. The van der Waals surface area contributed by atoms with Crippen molar-refractivity contribution in [3.05, 3.63) is 0 Å². The highest BCUT2D eigenvalue weighted by Crippen LogP contribution is 2.45. The molecule has 0 heterocycles. The summed E-state index contributed by atoms with van der Waals surface area (Å²) in [5.74, 6) is 2.60. The normalized spacial score (nSPS) is 40.4. The first-order valence-corrected chi connectivity index (χ1v) is 5.29. The zero-order valence-corrected chi connectivity index (χ0v) is 7.63. The third kappa shape index (κ3) is 1.35. The average Bonchev–Trinajstić information content (AvgIpc) is 2.04. The summed E-state index contributed by atoms with van der Waals surface area (Å²) < 4.78 is 0. The van der Waals surface area contributed by atoms with Gasteiger partial charge in [0.25, 0.3) is 0 Å². The van der Waals surface area contributed by atoms with Gasteiger partial charge in [0, 0.05) is 6.42 Å². The Kier molecular flexibility index (Phi) is 2.35. The van der Waals surface area contributed by atoms with Crippen LogP contribution in [0.5, 0.6) is 0 Å². The number of nitrogens with zero attached hydrogens (tertiary/aromatic N) is 1. The van der Waals surface area contributed by atoms with Crippen LogP contribution >= 0.6 is 0 Å². The van der Waals surface area contributed by atoms with Gasteiger partial charge in [0.15, 0.2) is 0 Å². The van der Waals surface area contributed by atoms with Crippen LogP contribution in [0, 0.1) is 29.1 Å². The molecule has 0 aliphatic heterocycles. The zero-order chi connectivity index (χ0) is 8.39. The van der Waals surface area contributed by atoms with Gasteiger partial charge < -0.3 is 0 Å². The van der Waals surface area contributed by atoms with E-state index < -0.39 is 0 Å². The van der Waals surface area contributed by atoms with Gasteiger partial charge in [-0.25, -0.2) is 0 Å². The van der Waals surface area contributed by atoms with Crippen LogP contribution in [-0.2, 0) is 0 Å². The van der Waals surface area contributed by atoms with Crippen molar-refractivity contribution in [1.82, 2.24) is 0 Å². The van der Waals surface area contributed by atoms with Crippen molar-refractivity contribution in [2.75, 3.05) is 0 Å². The van der Waals surface area contributed by atoms with Gasteiger partial charge in [0.1, 0.15) is 0 Å². The molecule has 66 valence electrons. The smallest absolute Gasteiger partial charge is 0.0624 e. The predicted octanol–water partition coefficient (Wildman–Crippen LogP) is 3.12. The highest BCUT2D eigenvalue weighted by Gasteiger charge is 2.35. The van der Waals surface area contributed by atoms with Crippen molar-refractivity contribution in [3.63, 3.8) is 0 Å². The maximum atomic E-state index is 8.72. The molecule has 2 fully saturated rings. The van der Waals surface area contributed by atoms with Gasteiger partial charge in [-0.3, -0.25) is 0 Å². The molecule has 0 N–H and O–H groups in total. The van der Waals surface area contributed by atoms with Crippen molar-refractivity contribution >= 4 is 0 Å². The Morgan fingerprint density at radius 1 is 1.00 bits per heavy atom. The summed E-state index contributed by atoms with van der Waals surface area (Å²) in [4.78, 5) is 0. The Hall–Kier alpha value is -0.510. The third-order valence-corrected chi connectivity index (χ3v) is 3.84. The van der Waals surface area contributed by atoms with E-state index in [0.29, 0.717) is 0 Å². The van der Waals surface area contributed by atoms with E-state index in [9.17, 15) is 0 Å². The van der Waals surface area contributed by atoms with Crippen LogP contribution in [0.1, 0.15) is 44.9 Å². The van der Waals surface area contributed by atoms with Gasteiger partial charge in [-0.1, -0.05) is 38.5 Å². The Balaban J connectivity index is 2.04. The van der Waals surface area contributed by atoms with Crippen LogP contribution in [-0.4, -0.2) is 0 Å². The topological polar surface area (TPSA) is 23.8 Å². The maximum absolute atomic E-state index is 8.72. The number of rotatable bonds is 1. The summed E-state index contributed by atoms with van der Waals surface area (Å²) in [6.45, 7) is 0. The van der Waals surface area contributed by atoms with Crippen LogP contribution < -0.4 is 0 Å². The number of hydrogen-bond acceptors (Lipinski definition) is 1. The SMILES string of the molecule is N#CCC1C2CCCC1CCC2. The molecule has 2 bridgehead atoms. The minimum Gasteiger partial charge on any atom is -0.198 e. The monoisotopic (exact) mass is 163 g/mol. The Bertz CT molecular complexity index is 170. The summed E-state index contributed by atoms with van der Waals surface area (Å²) >= 11 is 0. The lowest BCUT2D eigenvalue weighted by Crippen LogP contribution is -2.31. The molecule has 2 saturated carbocycles. The molecule has 0 unspecified atom stereocenters. The average molecular weight is 163 g/mol. The molecule has 0 spiro atoms. The fourth-order valence-corrected chi connectivity index (χ4v) is 3.25. The molecular formula is C11H17N. The van der Waals surface area contributed by atoms with Gasteiger partial charge in [-0.15, -0.1) is 0 Å². The zero-order valence-electron chi connectivity index (χ0n) is 7.63. The second-order valence-corrected chi connectivity index (χ2v) is 4.41. The van der Waals surface area contributed by atoms with Crippen LogP contribution in [0.4, 0.5) is 0 Å². The van der Waals surface area contributed by atoms with E-state index in [1.54, 1.807) is 0 Å². The largest absolute Gasteiger partial charge is 0.198 e. The van der Waals surface area contributed by atoms with Gasteiger partial charge in [0.2, 0.25) is 0 Å².